The number of carbonyl (C=O) groups excluding carboxylic acids is 1. The lowest BCUT2D eigenvalue weighted by Gasteiger charge is -1.97. The lowest BCUT2D eigenvalue weighted by molar-refractivity contribution is -0.0788. The number of hydrogen-bond donors (Lipinski definition) is 0. The third kappa shape index (κ3) is 1.84. The Morgan fingerprint density at radius 3 is 2.75 bits per heavy atom. The Balaban J connectivity index is 3.09. The molecule has 0 saturated carbocycles. The number of pyridine rings is 1. The van der Waals surface area contributed by atoms with Crippen molar-refractivity contribution >= 4 is 29.2 Å². The van der Waals surface area contributed by atoms with Crippen LogP contribution in [0.15, 0.2) is 12.3 Å². The topological polar surface area (TPSA) is 39.2 Å². The molecule has 1 aromatic rings. The number of nitrogens with zero attached hydrogens (tertiary/aromatic N) is 1. The predicted molar refractivity (Wildman–Crippen MR) is 40.8 cm³/mol. The van der Waals surface area contributed by atoms with Crippen LogP contribution in [0, 0.1) is 0 Å². The Morgan fingerprint density at radius 1 is 1.58 bits per heavy atom. The van der Waals surface area contributed by atoms with Crippen molar-refractivity contribution in [3.8, 4) is 0 Å². The Hall–Kier alpha value is -0.870. The first-order valence-corrected chi connectivity index (χ1v) is 3.54. The normalized spacial score (nSPS) is 9.58. The average Bonchev–Trinajstić information content (AvgIpc) is 2.03. The van der Waals surface area contributed by atoms with Crippen LogP contribution in [-0.2, 0) is 4.94 Å². The maximum Gasteiger partial charge on any atom is 0.382 e. The zero-order chi connectivity index (χ0) is 9.14. The van der Waals surface area contributed by atoms with E-state index in [2.05, 4.69) is 9.93 Å². The second kappa shape index (κ2) is 3.69. The van der Waals surface area contributed by atoms with E-state index in [0.29, 0.717) is 0 Å². The molecule has 0 amide bonds. The SMILES string of the molecule is O=C(OF)c1cnc(Cl)cc1Cl. The number of halogens is 3. The van der Waals surface area contributed by atoms with Gasteiger partial charge in [0.25, 0.3) is 0 Å². The highest BCUT2D eigenvalue weighted by atomic mass is 35.5. The Kier molecular flexibility index (Phi) is 2.83. The van der Waals surface area contributed by atoms with Crippen molar-refractivity contribution in [3.63, 3.8) is 0 Å². The first kappa shape index (κ1) is 9.22. The average molecular weight is 210 g/mol. The molecule has 3 nitrogen and oxygen atoms in total. The van der Waals surface area contributed by atoms with Gasteiger partial charge in [-0.3, -0.25) is 0 Å². The lowest BCUT2D eigenvalue weighted by Crippen LogP contribution is -2.00. The minimum absolute atomic E-state index is 0.00218. The first-order valence-electron chi connectivity index (χ1n) is 2.79. The molecule has 0 atom stereocenters. The molecule has 0 spiro atoms. The monoisotopic (exact) mass is 209 g/mol. The molecule has 12 heavy (non-hydrogen) atoms. The van der Waals surface area contributed by atoms with Crippen molar-refractivity contribution in [2.75, 3.05) is 0 Å². The van der Waals surface area contributed by atoms with E-state index in [-0.39, 0.29) is 15.7 Å². The van der Waals surface area contributed by atoms with Crippen molar-refractivity contribution in [3.05, 3.63) is 28.0 Å². The van der Waals surface area contributed by atoms with Crippen molar-refractivity contribution in [2.24, 2.45) is 0 Å². The van der Waals surface area contributed by atoms with Crippen LogP contribution in [0.1, 0.15) is 10.4 Å². The van der Waals surface area contributed by atoms with Gasteiger partial charge < -0.3 is 0 Å². The van der Waals surface area contributed by atoms with Gasteiger partial charge in [0, 0.05) is 10.7 Å². The summed E-state index contributed by atoms with van der Waals surface area (Å²) in [5, 5.41) is 0.119. The summed E-state index contributed by atoms with van der Waals surface area (Å²) in [6.07, 6.45) is 1.03. The molecule has 0 aliphatic carbocycles. The molecular formula is C6H2Cl2FNO2. The summed E-state index contributed by atoms with van der Waals surface area (Å²) >= 11 is 10.9. The van der Waals surface area contributed by atoms with E-state index < -0.39 is 5.97 Å². The van der Waals surface area contributed by atoms with Gasteiger partial charge in [0.2, 0.25) is 0 Å². The molecule has 1 heterocycles. The molecule has 6 heteroatoms. The Morgan fingerprint density at radius 2 is 2.25 bits per heavy atom. The zero-order valence-corrected chi connectivity index (χ0v) is 7.06. The van der Waals surface area contributed by atoms with Gasteiger partial charge in [-0.15, -0.1) is 0 Å². The molecule has 0 N–H and O–H groups in total. The minimum atomic E-state index is -1.19. The molecule has 0 aromatic carbocycles. The third-order valence-electron chi connectivity index (χ3n) is 1.11. The van der Waals surface area contributed by atoms with Crippen LogP contribution in [-0.4, -0.2) is 11.0 Å². The largest absolute Gasteiger partial charge is 0.382 e. The van der Waals surface area contributed by atoms with Crippen LogP contribution in [0.5, 0.6) is 0 Å². The molecule has 0 aliphatic rings. The van der Waals surface area contributed by atoms with Gasteiger partial charge in [-0.05, 0) is 6.07 Å². The maximum absolute atomic E-state index is 11.4. The van der Waals surface area contributed by atoms with Gasteiger partial charge in [0.05, 0.1) is 5.02 Å². The van der Waals surface area contributed by atoms with E-state index in [4.69, 9.17) is 23.2 Å². The van der Waals surface area contributed by atoms with Crippen molar-refractivity contribution in [1.82, 2.24) is 4.98 Å². The van der Waals surface area contributed by atoms with Crippen LogP contribution in [0.25, 0.3) is 0 Å². The van der Waals surface area contributed by atoms with E-state index in [1.165, 1.54) is 6.07 Å². The highest BCUT2D eigenvalue weighted by Crippen LogP contribution is 2.19. The second-order valence-electron chi connectivity index (χ2n) is 1.85. The molecule has 0 saturated heterocycles. The lowest BCUT2D eigenvalue weighted by atomic mass is 10.3. The number of hydrogen-bond acceptors (Lipinski definition) is 3. The van der Waals surface area contributed by atoms with Crippen molar-refractivity contribution < 1.29 is 14.3 Å². The number of carbonyl (C=O) groups is 1. The fourth-order valence-electron chi connectivity index (χ4n) is 0.599. The molecule has 0 radical (unpaired) electrons. The molecule has 1 rings (SSSR count). The first-order chi connectivity index (χ1) is 5.65. The summed E-state index contributed by atoms with van der Waals surface area (Å²) in [6, 6.07) is 1.22. The molecule has 0 fully saturated rings. The molecule has 64 valence electrons. The maximum atomic E-state index is 11.4. The van der Waals surface area contributed by atoms with E-state index in [1.54, 1.807) is 0 Å². The smallest absolute Gasteiger partial charge is 0.249 e. The summed E-state index contributed by atoms with van der Waals surface area (Å²) in [7, 11) is 0. The summed E-state index contributed by atoms with van der Waals surface area (Å²) in [5.41, 5.74) is -0.163. The minimum Gasteiger partial charge on any atom is -0.249 e. The van der Waals surface area contributed by atoms with Crippen molar-refractivity contribution in [1.29, 1.82) is 0 Å². The molecule has 0 aliphatic heterocycles. The molecule has 0 bridgehead atoms. The van der Waals surface area contributed by atoms with Crippen LogP contribution in [0.3, 0.4) is 0 Å². The summed E-state index contributed by atoms with van der Waals surface area (Å²) in [5.74, 6) is -1.19. The molecular weight excluding hydrogens is 208 g/mol. The Labute approximate surface area is 77.0 Å². The van der Waals surface area contributed by atoms with Gasteiger partial charge in [-0.1, -0.05) is 23.2 Å². The molecule has 1 aromatic heterocycles. The van der Waals surface area contributed by atoms with E-state index in [1.807, 2.05) is 0 Å². The predicted octanol–water partition coefficient (Wildman–Crippen LogP) is 2.43. The van der Waals surface area contributed by atoms with Crippen LogP contribution < -0.4 is 0 Å². The standard InChI is InChI=1S/C6H2Cl2FNO2/c7-4-1-5(8)10-2-3(4)6(11)12-9/h1-2H. The highest BCUT2D eigenvalue weighted by molar-refractivity contribution is 6.35. The van der Waals surface area contributed by atoms with Crippen molar-refractivity contribution in [2.45, 2.75) is 0 Å². The summed E-state index contributed by atoms with van der Waals surface area (Å²) in [4.78, 5) is 17.1. The number of aromatic nitrogens is 1. The molecule has 0 unspecified atom stereocenters. The second-order valence-corrected chi connectivity index (χ2v) is 2.65. The fraction of sp³-hybridized carbons (Fsp3) is 0. The van der Waals surface area contributed by atoms with Crippen LogP contribution >= 0.6 is 23.2 Å². The van der Waals surface area contributed by atoms with Gasteiger partial charge in [0.1, 0.15) is 10.7 Å². The van der Waals surface area contributed by atoms with Gasteiger partial charge >= 0.3 is 5.97 Å². The van der Waals surface area contributed by atoms with Crippen LogP contribution in [0.2, 0.25) is 10.2 Å². The quantitative estimate of drug-likeness (QED) is 0.668. The number of rotatable bonds is 1. The van der Waals surface area contributed by atoms with E-state index >= 15 is 0 Å². The van der Waals surface area contributed by atoms with Gasteiger partial charge in [0.15, 0.2) is 0 Å². The zero-order valence-electron chi connectivity index (χ0n) is 5.55. The van der Waals surface area contributed by atoms with Gasteiger partial charge in [-0.25, -0.2) is 14.7 Å². The van der Waals surface area contributed by atoms with E-state index in [9.17, 15) is 9.32 Å². The van der Waals surface area contributed by atoms with Gasteiger partial charge in [-0.2, -0.15) is 0 Å². The third-order valence-corrected chi connectivity index (χ3v) is 1.63. The van der Waals surface area contributed by atoms with Crippen LogP contribution in [0.4, 0.5) is 4.53 Å². The fourth-order valence-corrected chi connectivity index (χ4v) is 1.04. The highest BCUT2D eigenvalue weighted by Gasteiger charge is 2.13. The summed E-state index contributed by atoms with van der Waals surface area (Å²) in [6.45, 7) is 0. The summed E-state index contributed by atoms with van der Waals surface area (Å²) < 4.78 is 11.4. The van der Waals surface area contributed by atoms with E-state index in [0.717, 1.165) is 6.20 Å². The Bertz CT molecular complexity index is 318.